The highest BCUT2D eigenvalue weighted by molar-refractivity contribution is 7.14. The van der Waals surface area contributed by atoms with Crippen LogP contribution >= 0.6 is 11.3 Å². The minimum absolute atomic E-state index is 0.0858. The van der Waals surface area contributed by atoms with Gasteiger partial charge in [-0.2, -0.15) is 0 Å². The number of amides is 2. The number of nitrogens with zero attached hydrogens (tertiary/aromatic N) is 3. The summed E-state index contributed by atoms with van der Waals surface area (Å²) in [5.74, 6) is 0.0770. The number of nitrogens with one attached hydrogen (secondary N) is 1. The quantitative estimate of drug-likeness (QED) is 0.504. The maximum absolute atomic E-state index is 12.4. The number of anilines is 2. The first-order valence-electron chi connectivity index (χ1n) is 8.93. The monoisotopic (exact) mass is 424 g/mol. The Morgan fingerprint density at radius 3 is 2.70 bits per heavy atom. The molecular formula is C20H16N4O5S. The molecule has 152 valence electrons. The fraction of sp³-hybridized carbons (Fsp3) is 0.150. The number of ether oxygens (including phenoxy) is 1. The number of aromatic nitrogens is 1. The van der Waals surface area contributed by atoms with E-state index in [4.69, 9.17) is 4.74 Å². The van der Waals surface area contributed by atoms with Crippen LogP contribution in [0.2, 0.25) is 0 Å². The summed E-state index contributed by atoms with van der Waals surface area (Å²) in [5.41, 5.74) is 2.27. The van der Waals surface area contributed by atoms with E-state index in [2.05, 4.69) is 10.3 Å². The molecule has 1 atom stereocenters. The zero-order chi connectivity index (χ0) is 21.4. The van der Waals surface area contributed by atoms with E-state index in [0.717, 1.165) is 5.56 Å². The lowest BCUT2D eigenvalue weighted by Gasteiger charge is -2.30. The number of likely N-dealkylation sites (N-methyl/N-ethyl adjacent to an activating group) is 1. The smallest absolute Gasteiger partial charge is 0.269 e. The van der Waals surface area contributed by atoms with Crippen molar-refractivity contribution in [1.29, 1.82) is 0 Å². The standard InChI is InChI=1S/C20H16N4O5S/c1-11-19(26)23(2)16-9-13(5-8-17(16)29-11)15-10-30-20(21-15)22-18(25)12-3-6-14(7-4-12)24(27)28/h3-11H,1-2H3,(H,21,22,25). The molecule has 0 fully saturated rings. The van der Waals surface area contributed by atoms with Gasteiger partial charge in [-0.25, -0.2) is 4.98 Å². The largest absolute Gasteiger partial charge is 0.479 e. The van der Waals surface area contributed by atoms with Crippen molar-refractivity contribution in [2.45, 2.75) is 13.0 Å². The first-order chi connectivity index (χ1) is 14.3. The third-order valence-electron chi connectivity index (χ3n) is 4.66. The van der Waals surface area contributed by atoms with E-state index in [1.807, 2.05) is 12.1 Å². The van der Waals surface area contributed by atoms with Crippen molar-refractivity contribution in [3.8, 4) is 17.0 Å². The minimum atomic E-state index is -0.533. The lowest BCUT2D eigenvalue weighted by Crippen LogP contribution is -2.41. The van der Waals surface area contributed by atoms with Crippen LogP contribution in [0, 0.1) is 10.1 Å². The first-order valence-corrected chi connectivity index (χ1v) is 9.81. The first kappa shape index (κ1) is 19.5. The Kier molecular flexibility index (Phi) is 4.92. The van der Waals surface area contributed by atoms with Gasteiger partial charge in [0.2, 0.25) is 0 Å². The van der Waals surface area contributed by atoms with E-state index in [9.17, 15) is 19.7 Å². The second kappa shape index (κ2) is 7.56. The Morgan fingerprint density at radius 2 is 2.00 bits per heavy atom. The molecule has 2 amide bonds. The maximum atomic E-state index is 12.4. The molecule has 1 aliphatic rings. The molecule has 9 nitrogen and oxygen atoms in total. The number of carbonyl (C=O) groups excluding carboxylic acids is 2. The van der Waals surface area contributed by atoms with E-state index in [0.29, 0.717) is 22.3 Å². The summed E-state index contributed by atoms with van der Waals surface area (Å²) in [6.07, 6.45) is -0.533. The van der Waals surface area contributed by atoms with Crippen molar-refractivity contribution in [2.24, 2.45) is 0 Å². The van der Waals surface area contributed by atoms with Crippen LogP contribution in [0.15, 0.2) is 47.8 Å². The Hall–Kier alpha value is -3.79. The van der Waals surface area contributed by atoms with E-state index in [1.165, 1.54) is 35.6 Å². The Bertz CT molecular complexity index is 1160. The highest BCUT2D eigenvalue weighted by atomic mass is 32.1. The second-order valence-corrected chi connectivity index (χ2v) is 7.49. The van der Waals surface area contributed by atoms with Crippen LogP contribution in [0.1, 0.15) is 17.3 Å². The average Bonchev–Trinajstić information content (AvgIpc) is 3.20. The molecule has 0 radical (unpaired) electrons. The fourth-order valence-corrected chi connectivity index (χ4v) is 3.75. The summed E-state index contributed by atoms with van der Waals surface area (Å²) in [7, 11) is 1.70. The van der Waals surface area contributed by atoms with Gasteiger partial charge in [0.25, 0.3) is 17.5 Å². The third-order valence-corrected chi connectivity index (χ3v) is 5.42. The van der Waals surface area contributed by atoms with E-state index < -0.39 is 16.9 Å². The van der Waals surface area contributed by atoms with Gasteiger partial charge in [-0.3, -0.25) is 25.0 Å². The number of hydrogen-bond acceptors (Lipinski definition) is 7. The third kappa shape index (κ3) is 3.60. The molecule has 2 heterocycles. The SMILES string of the molecule is CC1Oc2ccc(-c3csc(NC(=O)c4ccc([N+](=O)[O-])cc4)n3)cc2N(C)C1=O. The molecule has 30 heavy (non-hydrogen) atoms. The van der Waals surface area contributed by atoms with Crippen LogP contribution in [0.3, 0.4) is 0 Å². The van der Waals surface area contributed by atoms with E-state index in [1.54, 1.807) is 30.3 Å². The van der Waals surface area contributed by atoms with Gasteiger partial charge in [-0.15, -0.1) is 11.3 Å². The summed E-state index contributed by atoms with van der Waals surface area (Å²) in [4.78, 5) is 40.7. The molecule has 0 saturated heterocycles. The molecule has 0 aliphatic carbocycles. The van der Waals surface area contributed by atoms with Crippen molar-refractivity contribution in [3.63, 3.8) is 0 Å². The number of thiazole rings is 1. The van der Waals surface area contributed by atoms with Gasteiger partial charge in [-0.05, 0) is 37.3 Å². The molecule has 3 aromatic rings. The Morgan fingerprint density at radius 1 is 1.27 bits per heavy atom. The normalized spacial score (nSPS) is 15.3. The van der Waals surface area contributed by atoms with Gasteiger partial charge in [0.15, 0.2) is 11.2 Å². The predicted molar refractivity (Wildman–Crippen MR) is 112 cm³/mol. The summed E-state index contributed by atoms with van der Waals surface area (Å²) >= 11 is 1.25. The zero-order valence-corrected chi connectivity index (χ0v) is 16.8. The number of rotatable bonds is 4. The molecule has 1 aromatic heterocycles. The zero-order valence-electron chi connectivity index (χ0n) is 16.0. The molecule has 1 aliphatic heterocycles. The lowest BCUT2D eigenvalue weighted by molar-refractivity contribution is -0.384. The highest BCUT2D eigenvalue weighted by Gasteiger charge is 2.29. The molecule has 0 spiro atoms. The van der Waals surface area contributed by atoms with Crippen LogP contribution in [0.5, 0.6) is 5.75 Å². The molecular weight excluding hydrogens is 408 g/mol. The van der Waals surface area contributed by atoms with Crippen LogP contribution in [-0.4, -0.2) is 34.9 Å². The minimum Gasteiger partial charge on any atom is -0.479 e. The second-order valence-electron chi connectivity index (χ2n) is 6.64. The number of benzene rings is 2. The van der Waals surface area contributed by atoms with Crippen molar-refractivity contribution in [3.05, 3.63) is 63.5 Å². The molecule has 1 unspecified atom stereocenters. The van der Waals surface area contributed by atoms with Gasteiger partial charge in [0, 0.05) is 35.7 Å². The number of nitro groups is 1. The van der Waals surface area contributed by atoms with Crippen LogP contribution in [-0.2, 0) is 4.79 Å². The topological polar surface area (TPSA) is 115 Å². The number of hydrogen-bond donors (Lipinski definition) is 1. The number of carbonyl (C=O) groups is 2. The fourth-order valence-electron chi connectivity index (χ4n) is 3.04. The maximum Gasteiger partial charge on any atom is 0.269 e. The molecule has 10 heteroatoms. The van der Waals surface area contributed by atoms with Crippen molar-refractivity contribution in [2.75, 3.05) is 17.3 Å². The van der Waals surface area contributed by atoms with Crippen LogP contribution in [0.4, 0.5) is 16.5 Å². The van der Waals surface area contributed by atoms with E-state index in [-0.39, 0.29) is 17.2 Å². The van der Waals surface area contributed by atoms with Gasteiger partial charge >= 0.3 is 0 Å². The highest BCUT2D eigenvalue weighted by Crippen LogP contribution is 2.37. The lowest BCUT2D eigenvalue weighted by atomic mass is 10.1. The number of non-ortho nitro benzene ring substituents is 1. The molecule has 1 N–H and O–H groups in total. The van der Waals surface area contributed by atoms with Crippen LogP contribution < -0.4 is 15.0 Å². The molecule has 2 aromatic carbocycles. The van der Waals surface area contributed by atoms with Gasteiger partial charge < -0.3 is 9.64 Å². The van der Waals surface area contributed by atoms with Gasteiger partial charge in [-0.1, -0.05) is 0 Å². The summed E-state index contributed by atoms with van der Waals surface area (Å²) in [6, 6.07) is 10.8. The van der Waals surface area contributed by atoms with Crippen LogP contribution in [0.25, 0.3) is 11.3 Å². The predicted octanol–water partition coefficient (Wildman–Crippen LogP) is 3.71. The summed E-state index contributed by atoms with van der Waals surface area (Å²) in [5, 5.41) is 15.6. The summed E-state index contributed by atoms with van der Waals surface area (Å²) < 4.78 is 5.63. The van der Waals surface area contributed by atoms with Gasteiger partial charge in [0.05, 0.1) is 16.3 Å². The van der Waals surface area contributed by atoms with E-state index >= 15 is 0 Å². The molecule has 0 bridgehead atoms. The van der Waals surface area contributed by atoms with Gasteiger partial charge in [0.1, 0.15) is 5.75 Å². The summed E-state index contributed by atoms with van der Waals surface area (Å²) in [6.45, 7) is 1.70. The molecule has 0 saturated carbocycles. The van der Waals surface area contributed by atoms with Crippen molar-refractivity contribution in [1.82, 2.24) is 4.98 Å². The number of fused-ring (bicyclic) bond motifs is 1. The Labute approximate surface area is 175 Å². The molecule has 4 rings (SSSR count). The average molecular weight is 424 g/mol. The van der Waals surface area contributed by atoms with Crippen molar-refractivity contribution < 1.29 is 19.2 Å². The Balaban J connectivity index is 1.52. The van der Waals surface area contributed by atoms with Crippen molar-refractivity contribution >= 4 is 39.7 Å². The number of nitro benzene ring substituents is 1.